The molecule has 0 bridgehead atoms. The van der Waals surface area contributed by atoms with Gasteiger partial charge in [0.05, 0.1) is 6.54 Å². The number of phenolic OH excluding ortho intramolecular Hbond substituents is 2. The number of hydrogen-bond donors (Lipinski definition) is 5. The minimum Gasteiger partial charge on any atom is -0.504 e. The largest absolute Gasteiger partial charge is 0.504 e. The van der Waals surface area contributed by atoms with E-state index in [0.29, 0.717) is 5.56 Å². The summed E-state index contributed by atoms with van der Waals surface area (Å²) in [5.41, 5.74) is 11.8. The standard InChI is InChI=1S/C11H19N5O2/c1-16(2)11(13)15-10(12)14-6-7-4-3-5-8(17)9(7)18/h3-5,11,17-18H,6,13H2,1-2H3,(H3,12,14,15). The number of nitrogens with one attached hydrogen (secondary N) is 1. The fourth-order valence-corrected chi connectivity index (χ4v) is 1.20. The Hall–Kier alpha value is -1.99. The first-order valence-corrected chi connectivity index (χ1v) is 5.40. The summed E-state index contributed by atoms with van der Waals surface area (Å²) in [6, 6.07) is 4.67. The van der Waals surface area contributed by atoms with Gasteiger partial charge in [-0.3, -0.25) is 10.6 Å². The first-order valence-electron chi connectivity index (χ1n) is 5.40. The van der Waals surface area contributed by atoms with Gasteiger partial charge in [0.15, 0.2) is 17.5 Å². The van der Waals surface area contributed by atoms with Crippen LogP contribution in [0.2, 0.25) is 0 Å². The van der Waals surface area contributed by atoms with Crippen LogP contribution in [0.25, 0.3) is 0 Å². The van der Waals surface area contributed by atoms with Crippen molar-refractivity contribution in [2.45, 2.75) is 12.8 Å². The van der Waals surface area contributed by atoms with Crippen LogP contribution in [-0.4, -0.2) is 41.5 Å². The number of benzene rings is 1. The molecule has 1 aromatic rings. The Bertz CT molecular complexity index is 433. The normalized spacial score (nSPS) is 13.7. The summed E-state index contributed by atoms with van der Waals surface area (Å²) < 4.78 is 0. The van der Waals surface area contributed by atoms with Crippen LogP contribution in [-0.2, 0) is 6.54 Å². The fourth-order valence-electron chi connectivity index (χ4n) is 1.20. The minimum atomic E-state index is -0.438. The van der Waals surface area contributed by atoms with E-state index in [1.54, 1.807) is 31.1 Å². The van der Waals surface area contributed by atoms with Gasteiger partial charge in [-0.2, -0.15) is 0 Å². The zero-order valence-electron chi connectivity index (χ0n) is 10.5. The number of phenols is 2. The molecule has 0 amide bonds. The Balaban J connectivity index is 2.66. The van der Waals surface area contributed by atoms with Gasteiger partial charge >= 0.3 is 0 Å². The monoisotopic (exact) mass is 253 g/mol. The summed E-state index contributed by atoms with van der Waals surface area (Å²) >= 11 is 0. The number of hydrogen-bond acceptors (Lipinski definition) is 5. The van der Waals surface area contributed by atoms with Crippen LogP contribution in [0, 0.1) is 0 Å². The molecule has 0 fully saturated rings. The molecule has 1 aromatic carbocycles. The third kappa shape index (κ3) is 3.79. The molecule has 0 saturated carbocycles. The summed E-state index contributed by atoms with van der Waals surface area (Å²) in [5, 5.41) is 21.6. The molecule has 0 aliphatic rings. The number of aliphatic imine (C=N–C) groups is 1. The quantitative estimate of drug-likeness (QED) is 0.209. The molecule has 7 N–H and O–H groups in total. The van der Waals surface area contributed by atoms with Crippen LogP contribution in [0.15, 0.2) is 23.2 Å². The van der Waals surface area contributed by atoms with Crippen LogP contribution in [0.4, 0.5) is 0 Å². The van der Waals surface area contributed by atoms with E-state index >= 15 is 0 Å². The highest BCUT2D eigenvalue weighted by Gasteiger charge is 2.07. The number of nitrogens with zero attached hydrogens (tertiary/aromatic N) is 2. The summed E-state index contributed by atoms with van der Waals surface area (Å²) in [4.78, 5) is 5.75. The Labute approximate surface area is 106 Å². The molecule has 18 heavy (non-hydrogen) atoms. The highest BCUT2D eigenvalue weighted by atomic mass is 16.3. The molecule has 0 aliphatic carbocycles. The van der Waals surface area contributed by atoms with Crippen molar-refractivity contribution < 1.29 is 10.2 Å². The van der Waals surface area contributed by atoms with Crippen molar-refractivity contribution in [3.63, 3.8) is 0 Å². The lowest BCUT2D eigenvalue weighted by Crippen LogP contribution is -2.53. The van der Waals surface area contributed by atoms with Gasteiger partial charge in [-0.15, -0.1) is 0 Å². The maximum Gasteiger partial charge on any atom is 0.191 e. The molecular formula is C11H19N5O2. The van der Waals surface area contributed by atoms with E-state index < -0.39 is 6.29 Å². The maximum atomic E-state index is 9.57. The van der Waals surface area contributed by atoms with Gasteiger partial charge in [0.25, 0.3) is 0 Å². The van der Waals surface area contributed by atoms with Crippen LogP contribution >= 0.6 is 0 Å². The molecule has 1 rings (SSSR count). The molecule has 0 saturated heterocycles. The molecule has 7 heteroatoms. The number of rotatable bonds is 4. The van der Waals surface area contributed by atoms with Gasteiger partial charge in [-0.05, 0) is 20.2 Å². The summed E-state index contributed by atoms with van der Waals surface area (Å²) in [7, 11) is 3.60. The lowest BCUT2D eigenvalue weighted by atomic mass is 10.2. The number of para-hydroxylation sites is 1. The summed E-state index contributed by atoms with van der Waals surface area (Å²) in [6.07, 6.45) is -0.438. The second-order valence-electron chi connectivity index (χ2n) is 4.04. The van der Waals surface area contributed by atoms with E-state index in [9.17, 15) is 10.2 Å². The number of nitrogens with two attached hydrogens (primary N) is 2. The van der Waals surface area contributed by atoms with Crippen LogP contribution in [0.5, 0.6) is 11.5 Å². The smallest absolute Gasteiger partial charge is 0.191 e. The molecule has 0 heterocycles. The van der Waals surface area contributed by atoms with Crippen molar-refractivity contribution in [1.82, 2.24) is 10.2 Å². The van der Waals surface area contributed by atoms with Crippen LogP contribution < -0.4 is 16.8 Å². The van der Waals surface area contributed by atoms with Crippen molar-refractivity contribution in [3.05, 3.63) is 23.8 Å². The first kappa shape index (κ1) is 14.1. The molecular weight excluding hydrogens is 234 g/mol. The molecule has 0 aromatic heterocycles. The van der Waals surface area contributed by atoms with E-state index in [-0.39, 0.29) is 24.0 Å². The van der Waals surface area contributed by atoms with Gasteiger partial charge in [0, 0.05) is 5.56 Å². The molecule has 0 aliphatic heterocycles. The van der Waals surface area contributed by atoms with Gasteiger partial charge < -0.3 is 21.3 Å². The minimum absolute atomic E-state index is 0.152. The molecule has 0 spiro atoms. The van der Waals surface area contributed by atoms with E-state index in [0.717, 1.165) is 0 Å². The number of aromatic hydroxyl groups is 2. The Morgan fingerprint density at radius 1 is 1.44 bits per heavy atom. The highest BCUT2D eigenvalue weighted by molar-refractivity contribution is 5.78. The van der Waals surface area contributed by atoms with E-state index in [1.807, 2.05) is 0 Å². The highest BCUT2D eigenvalue weighted by Crippen LogP contribution is 2.28. The summed E-state index contributed by atoms with van der Waals surface area (Å²) in [6.45, 7) is 0.152. The van der Waals surface area contributed by atoms with Crippen molar-refractivity contribution in [1.29, 1.82) is 0 Å². The van der Waals surface area contributed by atoms with Crippen molar-refractivity contribution in [2.24, 2.45) is 16.5 Å². The second kappa shape index (κ2) is 6.08. The Morgan fingerprint density at radius 2 is 2.11 bits per heavy atom. The predicted octanol–water partition coefficient (Wildman–Crippen LogP) is -0.694. The maximum absolute atomic E-state index is 9.57. The van der Waals surface area contributed by atoms with E-state index in [4.69, 9.17) is 11.5 Å². The SMILES string of the molecule is CN(C)C(N)NC(N)=NCc1cccc(O)c1O. The van der Waals surface area contributed by atoms with Crippen molar-refractivity contribution >= 4 is 5.96 Å². The molecule has 1 unspecified atom stereocenters. The van der Waals surface area contributed by atoms with Gasteiger partial charge in [0.2, 0.25) is 0 Å². The molecule has 7 nitrogen and oxygen atoms in total. The third-order valence-electron chi connectivity index (χ3n) is 2.37. The van der Waals surface area contributed by atoms with Crippen LogP contribution in [0.1, 0.15) is 5.56 Å². The zero-order valence-corrected chi connectivity index (χ0v) is 10.5. The van der Waals surface area contributed by atoms with E-state index in [2.05, 4.69) is 10.3 Å². The predicted molar refractivity (Wildman–Crippen MR) is 69.9 cm³/mol. The fraction of sp³-hybridized carbons (Fsp3) is 0.364. The average molecular weight is 253 g/mol. The Kier molecular flexibility index (Phi) is 4.75. The first-order chi connectivity index (χ1) is 8.41. The molecule has 100 valence electrons. The van der Waals surface area contributed by atoms with Crippen molar-refractivity contribution in [2.75, 3.05) is 14.1 Å². The van der Waals surface area contributed by atoms with Gasteiger partial charge in [-0.1, -0.05) is 12.1 Å². The van der Waals surface area contributed by atoms with Crippen LogP contribution in [0.3, 0.4) is 0 Å². The van der Waals surface area contributed by atoms with Gasteiger partial charge in [-0.25, -0.2) is 4.99 Å². The number of guanidine groups is 1. The van der Waals surface area contributed by atoms with Gasteiger partial charge in [0.1, 0.15) is 6.29 Å². The lowest BCUT2D eigenvalue weighted by molar-refractivity contribution is 0.282. The lowest BCUT2D eigenvalue weighted by Gasteiger charge is -2.21. The third-order valence-corrected chi connectivity index (χ3v) is 2.37. The molecule has 0 radical (unpaired) electrons. The molecule has 1 atom stereocenters. The summed E-state index contributed by atoms with van der Waals surface area (Å²) in [5.74, 6) is -0.205. The zero-order chi connectivity index (χ0) is 13.7. The topological polar surface area (TPSA) is 120 Å². The second-order valence-corrected chi connectivity index (χ2v) is 4.04. The Morgan fingerprint density at radius 3 is 2.72 bits per heavy atom. The average Bonchev–Trinajstić information content (AvgIpc) is 2.31. The van der Waals surface area contributed by atoms with E-state index in [1.165, 1.54) is 6.07 Å². The van der Waals surface area contributed by atoms with Crippen molar-refractivity contribution in [3.8, 4) is 11.5 Å².